The van der Waals surface area contributed by atoms with Gasteiger partial charge in [-0.05, 0) is 80.3 Å². The fourth-order valence-electron chi connectivity index (χ4n) is 10.4. The minimum absolute atomic E-state index is 0.0886. The molecular weight excluding hydrogens is 540 g/mol. The Labute approximate surface area is 244 Å². The summed E-state index contributed by atoms with van der Waals surface area (Å²) in [5.74, 6) is -1.47. The van der Waals surface area contributed by atoms with Crippen molar-refractivity contribution in [1.82, 2.24) is 4.72 Å². The number of fused-ring (bicyclic) bond motifs is 7. The lowest BCUT2D eigenvalue weighted by atomic mass is 9.33. The molecule has 0 aliphatic heterocycles. The molecule has 0 aromatic carbocycles. The van der Waals surface area contributed by atoms with Gasteiger partial charge in [-0.15, -0.1) is 0 Å². The van der Waals surface area contributed by atoms with Crippen LogP contribution in [0, 0.1) is 50.2 Å². The number of nitrogens with one attached hydrogen (secondary N) is 1. The molecule has 0 aromatic rings. The van der Waals surface area contributed by atoms with E-state index in [9.17, 15) is 33.5 Å². The van der Waals surface area contributed by atoms with Gasteiger partial charge < -0.3 is 10.2 Å². The highest BCUT2D eigenvalue weighted by Gasteiger charge is 2.75. The van der Waals surface area contributed by atoms with Gasteiger partial charge in [0.05, 0.1) is 17.9 Å². The Bertz CT molecular complexity index is 1430. The summed E-state index contributed by atoms with van der Waals surface area (Å²) < 4.78 is 28.2. The Morgan fingerprint density at radius 2 is 1.63 bits per heavy atom. The van der Waals surface area contributed by atoms with E-state index in [2.05, 4.69) is 24.6 Å². The Morgan fingerprint density at radius 1 is 1.00 bits per heavy atom. The third-order valence-corrected chi connectivity index (χ3v) is 14.5. The van der Waals surface area contributed by atoms with Crippen molar-refractivity contribution >= 4 is 21.6 Å². The largest absolute Gasteiger partial charge is 0.395 e. The number of allylic oxidation sites excluding steroid dienone is 3. The lowest BCUT2D eigenvalue weighted by molar-refractivity contribution is -0.239. The van der Waals surface area contributed by atoms with E-state index in [0.29, 0.717) is 32.1 Å². The van der Waals surface area contributed by atoms with Crippen LogP contribution in [0.25, 0.3) is 0 Å². The maximum atomic E-state index is 14.5. The summed E-state index contributed by atoms with van der Waals surface area (Å²) in [6.45, 7) is 13.5. The molecule has 226 valence electrons. The minimum Gasteiger partial charge on any atom is -0.395 e. The molecule has 0 heterocycles. The smallest absolute Gasteiger partial charge is 0.214 e. The molecule has 8 nitrogen and oxygen atoms in total. The van der Waals surface area contributed by atoms with Gasteiger partial charge in [0.1, 0.15) is 11.7 Å². The second kappa shape index (κ2) is 8.84. The van der Waals surface area contributed by atoms with Crippen LogP contribution in [0.4, 0.5) is 0 Å². The topological polar surface area (TPSA) is 145 Å². The van der Waals surface area contributed by atoms with Crippen molar-refractivity contribution in [3.63, 3.8) is 0 Å². The molecule has 3 saturated carbocycles. The van der Waals surface area contributed by atoms with Crippen molar-refractivity contribution in [3.05, 3.63) is 23.3 Å². The summed E-state index contributed by atoms with van der Waals surface area (Å²) in [7, 11) is -3.74. The van der Waals surface area contributed by atoms with Gasteiger partial charge >= 0.3 is 0 Å². The predicted octanol–water partition coefficient (Wildman–Crippen LogP) is 3.98. The van der Waals surface area contributed by atoms with Crippen molar-refractivity contribution in [3.8, 4) is 6.07 Å². The zero-order valence-electron chi connectivity index (χ0n) is 25.6. The average molecular weight is 587 g/mol. The molecule has 5 rings (SSSR count). The van der Waals surface area contributed by atoms with Gasteiger partial charge in [0.25, 0.3) is 0 Å². The van der Waals surface area contributed by atoms with Gasteiger partial charge in [0.2, 0.25) is 10.0 Å². The number of nitriles is 1. The van der Waals surface area contributed by atoms with Gasteiger partial charge in [0, 0.05) is 27.7 Å². The highest BCUT2D eigenvalue weighted by Crippen LogP contribution is 2.75. The number of rotatable bonds is 4. The van der Waals surface area contributed by atoms with E-state index in [-0.39, 0.29) is 28.5 Å². The molecule has 0 radical (unpaired) electrons. The number of carbonyl (C=O) groups excluding carboxylic acids is 2. The summed E-state index contributed by atoms with van der Waals surface area (Å²) >= 11 is 0. The Morgan fingerprint density at radius 3 is 2.24 bits per heavy atom. The standard InChI is InChI=1S/C32H46N2O6S/c1-26(2)21-8-9-30(6)22(29(21,5)17-20(19-33)25(26)37)16-24(36)32(38)23-18-28(4,34-41(39,40)15-14-35)12-10-27(23,3)11-13-31(30,32)7/h16-17,21,23,34-35,38H,8-15,18H2,1-7H3/t21-,23+,27+,28-,29-,30+,31-,32+/m0/s1. The van der Waals surface area contributed by atoms with Gasteiger partial charge in [-0.25, -0.2) is 13.1 Å². The molecule has 0 aromatic heterocycles. The molecule has 0 bridgehead atoms. The van der Waals surface area contributed by atoms with Crippen LogP contribution in [0.5, 0.6) is 0 Å². The molecule has 5 aliphatic carbocycles. The van der Waals surface area contributed by atoms with E-state index in [0.717, 1.165) is 18.4 Å². The molecule has 9 heteroatoms. The monoisotopic (exact) mass is 586 g/mol. The lowest BCUT2D eigenvalue weighted by Gasteiger charge is -2.71. The number of Topliss-reactive ketones (excluding diaryl/α,β-unsaturated/α-hetero) is 1. The molecule has 5 aliphatic rings. The highest BCUT2D eigenvalue weighted by atomic mass is 32.2. The van der Waals surface area contributed by atoms with E-state index in [1.165, 1.54) is 0 Å². The van der Waals surface area contributed by atoms with E-state index in [4.69, 9.17) is 0 Å². The summed E-state index contributed by atoms with van der Waals surface area (Å²) in [5, 5.41) is 32.1. The lowest BCUT2D eigenvalue weighted by Crippen LogP contribution is -2.74. The van der Waals surface area contributed by atoms with Crippen LogP contribution >= 0.6 is 0 Å². The SMILES string of the molecule is CC1(C)C(=O)C(C#N)=C[C@]2(C)C3=CC(=O)[C@]4(O)[C@@H]5C[C@@](C)(NS(=O)(=O)CCO)CC[C@]5(C)CC[C@@]4(C)[C@]3(C)CC[C@@H]12. The number of carbonyl (C=O) groups is 2. The zero-order valence-corrected chi connectivity index (χ0v) is 26.4. The quantitative estimate of drug-likeness (QED) is 0.452. The first-order chi connectivity index (χ1) is 18.7. The normalized spacial score (nSPS) is 47.1. The number of hydrogen-bond acceptors (Lipinski definition) is 7. The molecule has 3 fully saturated rings. The number of sulfonamides is 1. The highest BCUT2D eigenvalue weighted by molar-refractivity contribution is 7.89. The fourth-order valence-corrected chi connectivity index (χ4v) is 11.7. The Balaban J connectivity index is 1.66. The van der Waals surface area contributed by atoms with Crippen LogP contribution in [0.15, 0.2) is 23.3 Å². The molecule has 0 saturated heterocycles. The van der Waals surface area contributed by atoms with Crippen molar-refractivity contribution in [2.24, 2.45) is 38.9 Å². The maximum Gasteiger partial charge on any atom is 0.214 e. The molecular formula is C32H46N2O6S. The predicted molar refractivity (Wildman–Crippen MR) is 155 cm³/mol. The van der Waals surface area contributed by atoms with E-state index in [1.54, 1.807) is 12.2 Å². The molecule has 0 spiro atoms. The summed E-state index contributed by atoms with van der Waals surface area (Å²) in [6, 6.07) is 2.12. The maximum absolute atomic E-state index is 14.5. The van der Waals surface area contributed by atoms with Gasteiger partial charge in [-0.1, -0.05) is 47.6 Å². The number of nitrogens with zero attached hydrogens (tertiary/aromatic N) is 1. The number of aliphatic hydroxyl groups is 2. The molecule has 8 atom stereocenters. The van der Waals surface area contributed by atoms with Gasteiger partial charge in [-0.2, -0.15) is 5.26 Å². The van der Waals surface area contributed by atoms with Gasteiger partial charge in [0.15, 0.2) is 11.6 Å². The van der Waals surface area contributed by atoms with Crippen LogP contribution in [-0.2, 0) is 19.6 Å². The molecule has 3 N–H and O–H groups in total. The van der Waals surface area contributed by atoms with Crippen LogP contribution in [0.3, 0.4) is 0 Å². The molecule has 41 heavy (non-hydrogen) atoms. The Kier molecular flexibility index (Phi) is 6.60. The van der Waals surface area contributed by atoms with Crippen molar-refractivity contribution in [2.45, 2.75) is 105 Å². The van der Waals surface area contributed by atoms with E-state index < -0.39 is 61.1 Å². The summed E-state index contributed by atoms with van der Waals surface area (Å²) in [4.78, 5) is 27.7. The number of ketones is 2. The van der Waals surface area contributed by atoms with Crippen molar-refractivity contribution in [1.29, 1.82) is 5.26 Å². The zero-order chi connectivity index (χ0) is 30.7. The third kappa shape index (κ3) is 3.82. The second-order valence-corrected chi connectivity index (χ2v) is 17.4. The van der Waals surface area contributed by atoms with Crippen LogP contribution in [0.1, 0.15) is 93.4 Å². The molecule has 0 unspecified atom stereocenters. The van der Waals surface area contributed by atoms with E-state index in [1.807, 2.05) is 34.6 Å². The van der Waals surface area contributed by atoms with Crippen molar-refractivity contribution in [2.75, 3.05) is 12.4 Å². The first-order valence-corrected chi connectivity index (χ1v) is 16.6. The fraction of sp³-hybridized carbons (Fsp3) is 0.781. The third-order valence-electron chi connectivity index (χ3n) is 13.0. The number of hydrogen-bond donors (Lipinski definition) is 3. The molecule has 0 amide bonds. The Hall–Kier alpha value is -1.86. The summed E-state index contributed by atoms with van der Waals surface area (Å²) in [6.07, 6.45) is 7.84. The first kappa shape index (κ1) is 30.6. The van der Waals surface area contributed by atoms with E-state index >= 15 is 0 Å². The summed E-state index contributed by atoms with van der Waals surface area (Å²) in [5.41, 5.74) is -4.78. The minimum atomic E-state index is -3.74. The van der Waals surface area contributed by atoms with Crippen LogP contribution < -0.4 is 4.72 Å². The van der Waals surface area contributed by atoms with Gasteiger partial charge in [-0.3, -0.25) is 9.59 Å². The van der Waals surface area contributed by atoms with Crippen LogP contribution in [-0.4, -0.2) is 53.7 Å². The van der Waals surface area contributed by atoms with Crippen LogP contribution in [0.2, 0.25) is 0 Å². The second-order valence-electron chi connectivity index (χ2n) is 15.6. The average Bonchev–Trinajstić information content (AvgIpc) is 2.86. The van der Waals surface area contributed by atoms with Crippen molar-refractivity contribution < 1.29 is 28.2 Å². The number of aliphatic hydroxyl groups excluding tert-OH is 1. The first-order valence-electron chi connectivity index (χ1n) is 15.0.